The van der Waals surface area contributed by atoms with Crippen molar-refractivity contribution in [3.8, 4) is 0 Å². The Labute approximate surface area is 166 Å². The first-order valence-electron chi connectivity index (χ1n) is 11.6. The topological polar surface area (TPSA) is 35.5 Å². The highest BCUT2D eigenvalue weighted by Crippen LogP contribution is 2.40. The Morgan fingerprint density at radius 2 is 1.22 bits per heavy atom. The van der Waals surface area contributed by atoms with Crippen LogP contribution in [0.4, 0.5) is 0 Å². The van der Waals surface area contributed by atoms with Crippen molar-refractivity contribution >= 4 is 5.97 Å². The van der Waals surface area contributed by atoms with Crippen molar-refractivity contribution < 1.29 is 14.3 Å². The SMILES string of the molecule is C=CC(=O)OCOC1CCC(CC2CCC(CC3CCCCC3)CC2)CC1. The molecule has 3 fully saturated rings. The molecule has 0 spiro atoms. The lowest BCUT2D eigenvalue weighted by Gasteiger charge is -2.35. The molecule has 0 atom stereocenters. The second-order valence-electron chi connectivity index (χ2n) is 9.46. The molecule has 3 rings (SSSR count). The largest absolute Gasteiger partial charge is 0.435 e. The molecule has 3 heteroatoms. The standard InChI is InChI=1S/C24H40O3/c1-2-24(25)27-18-26-23-14-12-22(13-15-23)17-21-10-8-20(9-11-21)16-19-6-4-3-5-7-19/h2,19-23H,1,3-18H2. The molecule has 3 nitrogen and oxygen atoms in total. The Kier molecular flexibility index (Phi) is 8.70. The quantitative estimate of drug-likeness (QED) is 0.279. The smallest absolute Gasteiger partial charge is 0.332 e. The van der Waals surface area contributed by atoms with Crippen molar-refractivity contribution in [1.29, 1.82) is 0 Å². The van der Waals surface area contributed by atoms with E-state index in [-0.39, 0.29) is 12.9 Å². The van der Waals surface area contributed by atoms with Crippen molar-refractivity contribution in [2.24, 2.45) is 23.7 Å². The third-order valence-corrected chi connectivity index (χ3v) is 7.49. The summed E-state index contributed by atoms with van der Waals surface area (Å²) in [6.45, 7) is 3.47. The van der Waals surface area contributed by atoms with E-state index in [9.17, 15) is 4.79 Å². The maximum absolute atomic E-state index is 11.0. The molecule has 0 aromatic carbocycles. The maximum atomic E-state index is 11.0. The van der Waals surface area contributed by atoms with Gasteiger partial charge in [-0.25, -0.2) is 4.79 Å². The molecule has 0 radical (unpaired) electrons. The highest BCUT2D eigenvalue weighted by atomic mass is 16.7. The number of hydrogen-bond donors (Lipinski definition) is 0. The summed E-state index contributed by atoms with van der Waals surface area (Å²) in [6.07, 6.45) is 22.7. The molecule has 0 aliphatic heterocycles. The highest BCUT2D eigenvalue weighted by molar-refractivity contribution is 5.81. The van der Waals surface area contributed by atoms with Gasteiger partial charge >= 0.3 is 5.97 Å². The molecule has 0 bridgehead atoms. The van der Waals surface area contributed by atoms with Crippen molar-refractivity contribution in [3.05, 3.63) is 12.7 Å². The van der Waals surface area contributed by atoms with E-state index in [1.54, 1.807) is 0 Å². The van der Waals surface area contributed by atoms with E-state index in [1.165, 1.54) is 89.5 Å². The number of ether oxygens (including phenoxy) is 2. The van der Waals surface area contributed by atoms with Gasteiger partial charge in [0.15, 0.2) is 6.79 Å². The second-order valence-corrected chi connectivity index (χ2v) is 9.46. The number of esters is 1. The Morgan fingerprint density at radius 1 is 0.741 bits per heavy atom. The zero-order valence-electron chi connectivity index (χ0n) is 17.2. The number of hydrogen-bond acceptors (Lipinski definition) is 3. The first-order valence-corrected chi connectivity index (χ1v) is 11.6. The Balaban J connectivity index is 1.25. The Morgan fingerprint density at radius 3 is 1.74 bits per heavy atom. The fourth-order valence-electron chi connectivity index (χ4n) is 5.85. The normalized spacial score (nSPS) is 32.7. The van der Waals surface area contributed by atoms with E-state index in [4.69, 9.17) is 9.47 Å². The monoisotopic (exact) mass is 376 g/mol. The van der Waals surface area contributed by atoms with E-state index in [2.05, 4.69) is 6.58 Å². The molecule has 0 amide bonds. The average molecular weight is 377 g/mol. The maximum Gasteiger partial charge on any atom is 0.332 e. The van der Waals surface area contributed by atoms with E-state index >= 15 is 0 Å². The summed E-state index contributed by atoms with van der Waals surface area (Å²) in [5, 5.41) is 0. The zero-order chi connectivity index (χ0) is 18.9. The molecule has 3 aliphatic rings. The minimum absolute atomic E-state index is 0.0746. The van der Waals surface area contributed by atoms with Crippen LogP contribution in [0.1, 0.15) is 96.3 Å². The summed E-state index contributed by atoms with van der Waals surface area (Å²) < 4.78 is 10.6. The number of carbonyl (C=O) groups is 1. The molecule has 27 heavy (non-hydrogen) atoms. The van der Waals surface area contributed by atoms with Crippen LogP contribution in [0.2, 0.25) is 0 Å². The molecule has 0 aromatic heterocycles. The molecule has 154 valence electrons. The van der Waals surface area contributed by atoms with Crippen LogP contribution in [0.15, 0.2) is 12.7 Å². The van der Waals surface area contributed by atoms with Crippen molar-refractivity contribution in [2.75, 3.05) is 6.79 Å². The lowest BCUT2D eigenvalue weighted by molar-refractivity contribution is -0.156. The molecular weight excluding hydrogens is 336 g/mol. The summed E-state index contributed by atoms with van der Waals surface area (Å²) in [6, 6.07) is 0. The van der Waals surface area contributed by atoms with Gasteiger partial charge in [-0.1, -0.05) is 64.4 Å². The summed E-state index contributed by atoms with van der Waals surface area (Å²) in [7, 11) is 0. The fourth-order valence-corrected chi connectivity index (χ4v) is 5.85. The van der Waals surface area contributed by atoms with Gasteiger partial charge in [0.1, 0.15) is 0 Å². The van der Waals surface area contributed by atoms with Crippen molar-refractivity contribution in [2.45, 2.75) is 102 Å². The minimum Gasteiger partial charge on any atom is -0.435 e. The van der Waals surface area contributed by atoms with Crippen LogP contribution in [0.25, 0.3) is 0 Å². The summed E-state index contributed by atoms with van der Waals surface area (Å²) in [5.74, 6) is 3.56. The van der Waals surface area contributed by atoms with Crippen molar-refractivity contribution in [3.63, 3.8) is 0 Å². The predicted octanol–water partition coefficient (Wildman–Crippen LogP) is 6.42. The summed E-state index contributed by atoms with van der Waals surface area (Å²) in [4.78, 5) is 11.0. The van der Waals surface area contributed by atoms with E-state index < -0.39 is 5.97 Å². The predicted molar refractivity (Wildman–Crippen MR) is 109 cm³/mol. The first kappa shape index (κ1) is 20.9. The lowest BCUT2D eigenvalue weighted by Crippen LogP contribution is -2.25. The van der Waals surface area contributed by atoms with E-state index in [1.807, 2.05) is 0 Å². The number of carbonyl (C=O) groups excluding carboxylic acids is 1. The molecule has 0 heterocycles. The van der Waals surface area contributed by atoms with Crippen molar-refractivity contribution in [1.82, 2.24) is 0 Å². The van der Waals surface area contributed by atoms with Crippen LogP contribution in [0.3, 0.4) is 0 Å². The zero-order valence-corrected chi connectivity index (χ0v) is 17.2. The average Bonchev–Trinajstić information content (AvgIpc) is 2.71. The molecule has 3 saturated carbocycles. The molecule has 0 saturated heterocycles. The summed E-state index contributed by atoms with van der Waals surface area (Å²) in [5.41, 5.74) is 0. The van der Waals surface area contributed by atoms with Gasteiger partial charge in [0.2, 0.25) is 0 Å². The van der Waals surface area contributed by atoms with Gasteiger partial charge in [-0.05, 0) is 62.2 Å². The molecule has 0 unspecified atom stereocenters. The van der Waals surface area contributed by atoms with Gasteiger partial charge in [0.25, 0.3) is 0 Å². The Hall–Kier alpha value is -0.830. The van der Waals surface area contributed by atoms with E-state index in [0.29, 0.717) is 0 Å². The van der Waals surface area contributed by atoms with Gasteiger partial charge in [-0.3, -0.25) is 0 Å². The summed E-state index contributed by atoms with van der Waals surface area (Å²) >= 11 is 0. The van der Waals surface area contributed by atoms with Crippen LogP contribution in [-0.4, -0.2) is 18.9 Å². The Bertz CT molecular complexity index is 439. The first-order chi connectivity index (χ1) is 13.2. The van der Waals surface area contributed by atoms with Gasteiger partial charge in [-0.2, -0.15) is 0 Å². The van der Waals surface area contributed by atoms with Crippen LogP contribution < -0.4 is 0 Å². The molecular formula is C24H40O3. The van der Waals surface area contributed by atoms with Crippen LogP contribution >= 0.6 is 0 Å². The minimum atomic E-state index is -0.400. The fraction of sp³-hybridized carbons (Fsp3) is 0.875. The van der Waals surface area contributed by atoms with E-state index in [0.717, 1.165) is 36.5 Å². The van der Waals surface area contributed by atoms with Gasteiger partial charge < -0.3 is 9.47 Å². The molecule has 3 aliphatic carbocycles. The molecule has 0 aromatic rings. The van der Waals surface area contributed by atoms with Crippen LogP contribution in [0, 0.1) is 23.7 Å². The third kappa shape index (κ3) is 7.25. The third-order valence-electron chi connectivity index (χ3n) is 7.49. The van der Waals surface area contributed by atoms with Gasteiger partial charge in [0, 0.05) is 6.08 Å². The van der Waals surface area contributed by atoms with Gasteiger partial charge in [0.05, 0.1) is 6.10 Å². The second kappa shape index (κ2) is 11.2. The highest BCUT2D eigenvalue weighted by Gasteiger charge is 2.28. The van der Waals surface area contributed by atoms with Crippen LogP contribution in [-0.2, 0) is 14.3 Å². The van der Waals surface area contributed by atoms with Gasteiger partial charge in [-0.15, -0.1) is 0 Å². The molecule has 0 N–H and O–H groups in total. The number of rotatable bonds is 8. The van der Waals surface area contributed by atoms with Crippen LogP contribution in [0.5, 0.6) is 0 Å². The lowest BCUT2D eigenvalue weighted by atomic mass is 9.72.